The van der Waals surface area contributed by atoms with Crippen LogP contribution in [0.5, 0.6) is 0 Å². The van der Waals surface area contributed by atoms with Crippen molar-refractivity contribution in [3.63, 3.8) is 0 Å². The summed E-state index contributed by atoms with van der Waals surface area (Å²) in [6.07, 6.45) is 7.26. The van der Waals surface area contributed by atoms with Crippen LogP contribution >= 0.6 is 0 Å². The van der Waals surface area contributed by atoms with E-state index in [1.165, 1.54) is 0 Å². The summed E-state index contributed by atoms with van der Waals surface area (Å²) in [4.78, 5) is 25.1. The number of hydrogen-bond donors (Lipinski definition) is 0. The number of nitrogens with zero attached hydrogens (tertiary/aromatic N) is 1. The number of amides is 1. The molecule has 1 amide bonds. The van der Waals surface area contributed by atoms with Gasteiger partial charge in [0.2, 0.25) is 5.91 Å². The second-order valence-electron chi connectivity index (χ2n) is 5.32. The highest BCUT2D eigenvalue weighted by molar-refractivity contribution is 5.86. The number of rotatable bonds is 7. The first-order valence-corrected chi connectivity index (χ1v) is 7.32. The van der Waals surface area contributed by atoms with E-state index in [0.29, 0.717) is 12.2 Å². The lowest BCUT2D eigenvalue weighted by molar-refractivity contribution is -0.139. The maximum atomic E-state index is 12.2. The average Bonchev–Trinajstić information content (AvgIpc) is 2.60. The summed E-state index contributed by atoms with van der Waals surface area (Å²) in [6, 6.07) is 0. The van der Waals surface area contributed by atoms with E-state index in [9.17, 15) is 9.59 Å². The molecule has 0 aromatic heterocycles. The van der Waals surface area contributed by atoms with Gasteiger partial charge < -0.3 is 9.64 Å². The van der Waals surface area contributed by atoms with Crippen molar-refractivity contribution in [3.05, 3.63) is 24.9 Å². The van der Waals surface area contributed by atoms with Crippen LogP contribution in [0.3, 0.4) is 0 Å². The fourth-order valence-electron chi connectivity index (χ4n) is 2.37. The van der Waals surface area contributed by atoms with Gasteiger partial charge in [-0.1, -0.05) is 19.6 Å². The molecule has 1 aliphatic rings. The fourth-order valence-corrected chi connectivity index (χ4v) is 2.37. The van der Waals surface area contributed by atoms with Gasteiger partial charge in [0.15, 0.2) is 0 Å². The van der Waals surface area contributed by atoms with Crippen LogP contribution in [0.1, 0.15) is 45.4 Å². The van der Waals surface area contributed by atoms with Crippen molar-refractivity contribution >= 4 is 11.9 Å². The van der Waals surface area contributed by atoms with Gasteiger partial charge >= 0.3 is 5.97 Å². The second kappa shape index (κ2) is 8.56. The fraction of sp³-hybridized carbons (Fsp3) is 0.625. The van der Waals surface area contributed by atoms with Gasteiger partial charge in [-0.05, 0) is 45.2 Å². The summed E-state index contributed by atoms with van der Waals surface area (Å²) in [5.41, 5.74) is 0.422. The molecule has 0 saturated carbocycles. The molecule has 20 heavy (non-hydrogen) atoms. The highest BCUT2D eigenvalue weighted by atomic mass is 16.5. The molecule has 0 radical (unpaired) electrons. The average molecular weight is 279 g/mol. The summed E-state index contributed by atoms with van der Waals surface area (Å²) in [6.45, 7) is 10.0. The number of unbranched alkanes of at least 4 members (excludes halogenated alkanes) is 1. The third-order valence-electron chi connectivity index (χ3n) is 3.58. The maximum absolute atomic E-state index is 12.2. The van der Waals surface area contributed by atoms with Gasteiger partial charge in [-0.3, -0.25) is 4.79 Å². The number of carbonyl (C=O) groups excluding carboxylic acids is 2. The summed E-state index contributed by atoms with van der Waals surface area (Å²) < 4.78 is 5.04. The zero-order valence-electron chi connectivity index (χ0n) is 12.4. The minimum absolute atomic E-state index is 0.0901. The van der Waals surface area contributed by atoms with Gasteiger partial charge in [0.25, 0.3) is 0 Å². The van der Waals surface area contributed by atoms with Crippen LogP contribution in [0, 0.1) is 5.92 Å². The molecule has 0 aromatic carbocycles. The third-order valence-corrected chi connectivity index (χ3v) is 3.58. The number of ether oxygens (including phenoxy) is 1. The Morgan fingerprint density at radius 1 is 1.45 bits per heavy atom. The second-order valence-corrected chi connectivity index (χ2v) is 5.32. The topological polar surface area (TPSA) is 46.6 Å². The molecule has 1 saturated heterocycles. The summed E-state index contributed by atoms with van der Waals surface area (Å²) in [7, 11) is 0. The van der Waals surface area contributed by atoms with Crippen LogP contribution in [0.25, 0.3) is 0 Å². The van der Waals surface area contributed by atoms with Crippen molar-refractivity contribution in [1.29, 1.82) is 0 Å². The highest BCUT2D eigenvalue weighted by Crippen LogP contribution is 2.22. The molecule has 1 fully saturated rings. The van der Waals surface area contributed by atoms with Crippen LogP contribution in [-0.2, 0) is 14.3 Å². The van der Waals surface area contributed by atoms with Crippen molar-refractivity contribution in [2.45, 2.75) is 45.4 Å². The van der Waals surface area contributed by atoms with Gasteiger partial charge in [0, 0.05) is 18.0 Å². The first kappa shape index (κ1) is 16.5. The number of hydrogen-bond acceptors (Lipinski definition) is 3. The molecule has 4 nitrogen and oxygen atoms in total. The van der Waals surface area contributed by atoms with E-state index in [4.69, 9.17) is 4.74 Å². The van der Waals surface area contributed by atoms with Gasteiger partial charge in [-0.15, -0.1) is 0 Å². The molecule has 0 aliphatic carbocycles. The molecule has 0 N–H and O–H groups in total. The van der Waals surface area contributed by atoms with Crippen LogP contribution < -0.4 is 0 Å². The Morgan fingerprint density at radius 3 is 2.85 bits per heavy atom. The zero-order chi connectivity index (χ0) is 15.0. The Bertz CT molecular complexity index is 376. The van der Waals surface area contributed by atoms with Crippen molar-refractivity contribution in [1.82, 2.24) is 4.90 Å². The van der Waals surface area contributed by atoms with E-state index in [0.717, 1.165) is 45.1 Å². The predicted molar refractivity (Wildman–Crippen MR) is 78.9 cm³/mol. The van der Waals surface area contributed by atoms with Gasteiger partial charge in [-0.2, -0.15) is 0 Å². The number of carbonyl (C=O) groups is 2. The van der Waals surface area contributed by atoms with Crippen LogP contribution in [0.15, 0.2) is 24.9 Å². The minimum Gasteiger partial charge on any atom is -0.462 e. The third kappa shape index (κ3) is 5.19. The number of likely N-dealkylation sites (tertiary alicyclic amines) is 1. The molecule has 1 unspecified atom stereocenters. The van der Waals surface area contributed by atoms with E-state index < -0.39 is 0 Å². The molecule has 0 bridgehead atoms. The van der Waals surface area contributed by atoms with E-state index in [1.807, 2.05) is 0 Å². The smallest absolute Gasteiger partial charge is 0.333 e. The van der Waals surface area contributed by atoms with Crippen LogP contribution in [0.2, 0.25) is 0 Å². The maximum Gasteiger partial charge on any atom is 0.333 e. The predicted octanol–water partition coefficient (Wildman–Crippen LogP) is 3.05. The van der Waals surface area contributed by atoms with E-state index >= 15 is 0 Å². The van der Waals surface area contributed by atoms with Crippen LogP contribution in [0.4, 0.5) is 0 Å². The Labute approximate surface area is 121 Å². The molecule has 0 spiro atoms. The zero-order valence-corrected chi connectivity index (χ0v) is 12.4. The van der Waals surface area contributed by atoms with Gasteiger partial charge in [-0.25, -0.2) is 4.79 Å². The Hall–Kier alpha value is -1.58. The van der Waals surface area contributed by atoms with E-state index in [-0.39, 0.29) is 17.8 Å². The Kier molecular flexibility index (Phi) is 7.05. The van der Waals surface area contributed by atoms with Crippen molar-refractivity contribution in [3.8, 4) is 0 Å². The normalized spacial score (nSPS) is 19.4. The molecule has 112 valence electrons. The highest BCUT2D eigenvalue weighted by Gasteiger charge is 2.24. The molecule has 1 atom stereocenters. The Morgan fingerprint density at radius 2 is 2.20 bits per heavy atom. The first-order valence-electron chi connectivity index (χ1n) is 7.32. The van der Waals surface area contributed by atoms with Crippen molar-refractivity contribution in [2.24, 2.45) is 5.92 Å². The molecule has 1 aliphatic heterocycles. The minimum atomic E-state index is -0.339. The number of esters is 1. The molecule has 1 heterocycles. The SMILES string of the molecule is C=CN1CCCCC(CCCCOC(=O)C(=C)C)C1=O. The molecule has 1 rings (SSSR count). The molecule has 0 aromatic rings. The lowest BCUT2D eigenvalue weighted by Gasteiger charge is -2.20. The standard InChI is InChI=1S/C16H25NO3/c1-4-17-11-7-5-9-14(15(17)18)10-6-8-12-20-16(19)13(2)3/h4,14H,1-2,5-12H2,3H3. The lowest BCUT2D eigenvalue weighted by Crippen LogP contribution is -2.30. The lowest BCUT2D eigenvalue weighted by atomic mass is 9.96. The first-order chi connectivity index (χ1) is 9.56. The van der Waals surface area contributed by atoms with Gasteiger partial charge in [0.05, 0.1) is 6.61 Å². The largest absolute Gasteiger partial charge is 0.462 e. The monoisotopic (exact) mass is 279 g/mol. The van der Waals surface area contributed by atoms with E-state index in [2.05, 4.69) is 13.2 Å². The van der Waals surface area contributed by atoms with Crippen molar-refractivity contribution in [2.75, 3.05) is 13.2 Å². The van der Waals surface area contributed by atoms with Gasteiger partial charge in [0.1, 0.15) is 0 Å². The summed E-state index contributed by atoms with van der Waals surface area (Å²) in [5.74, 6) is -0.0582. The summed E-state index contributed by atoms with van der Waals surface area (Å²) >= 11 is 0. The molecular formula is C16H25NO3. The molecular weight excluding hydrogens is 254 g/mol. The Balaban J connectivity index is 2.26. The summed E-state index contributed by atoms with van der Waals surface area (Å²) in [5, 5.41) is 0. The van der Waals surface area contributed by atoms with Crippen molar-refractivity contribution < 1.29 is 14.3 Å². The van der Waals surface area contributed by atoms with E-state index in [1.54, 1.807) is 18.0 Å². The quantitative estimate of drug-likeness (QED) is 0.409. The molecule has 4 heteroatoms. The van der Waals surface area contributed by atoms with Crippen LogP contribution in [-0.4, -0.2) is 29.9 Å².